The van der Waals surface area contributed by atoms with Crippen molar-refractivity contribution in [2.24, 2.45) is 0 Å². The van der Waals surface area contributed by atoms with E-state index in [1.807, 2.05) is 42.5 Å². The lowest BCUT2D eigenvalue weighted by Crippen LogP contribution is -2.43. The van der Waals surface area contributed by atoms with Crippen LogP contribution in [0.2, 0.25) is 5.02 Å². The average molecular weight is 351 g/mol. The molecule has 1 N–H and O–H groups in total. The molecule has 124 valence electrons. The first-order valence-electron chi connectivity index (χ1n) is 7.92. The number of benzene rings is 2. The van der Waals surface area contributed by atoms with Gasteiger partial charge in [0.15, 0.2) is 0 Å². The molecule has 0 unspecified atom stereocenters. The van der Waals surface area contributed by atoms with E-state index in [0.29, 0.717) is 17.1 Å². The summed E-state index contributed by atoms with van der Waals surface area (Å²) in [4.78, 5) is 16.6. The third-order valence-electron chi connectivity index (χ3n) is 4.29. The van der Waals surface area contributed by atoms with Crippen LogP contribution in [0.3, 0.4) is 0 Å². The lowest BCUT2D eigenvalue weighted by molar-refractivity contribution is -0.00585. The Morgan fingerprint density at radius 3 is 2.60 bits per heavy atom. The maximum absolute atomic E-state index is 12.4. The summed E-state index contributed by atoms with van der Waals surface area (Å²) in [5.74, 6) is -0.343. The second kappa shape index (κ2) is 6.31. The molecule has 4 nitrogen and oxygen atoms in total. The standard InChI is InChI=1S/C20H15ClN2O2/c21-16-9-7-15(8-10-16)20(23-13-14-4-3-11-22-12-14)18-6-2-1-5-17(18)19(24)25-20/h1-12,23H,13H2/t20-/m0/s1. The van der Waals surface area contributed by atoms with Gasteiger partial charge >= 0.3 is 5.97 Å². The summed E-state index contributed by atoms with van der Waals surface area (Å²) in [6.07, 6.45) is 3.51. The van der Waals surface area contributed by atoms with Crippen LogP contribution in [-0.2, 0) is 17.0 Å². The largest absolute Gasteiger partial charge is 0.431 e. The molecule has 0 radical (unpaired) electrons. The fraction of sp³-hybridized carbons (Fsp3) is 0.100. The number of hydrogen-bond donors (Lipinski definition) is 1. The number of rotatable bonds is 4. The topological polar surface area (TPSA) is 51.2 Å². The number of carbonyl (C=O) groups excluding carboxylic acids is 1. The lowest BCUT2D eigenvalue weighted by atomic mass is 9.92. The van der Waals surface area contributed by atoms with Crippen LogP contribution in [0.5, 0.6) is 0 Å². The predicted molar refractivity (Wildman–Crippen MR) is 95.2 cm³/mol. The summed E-state index contributed by atoms with van der Waals surface area (Å²) < 4.78 is 5.85. The lowest BCUT2D eigenvalue weighted by Gasteiger charge is -2.30. The molecular formula is C20H15ClN2O2. The molecule has 1 atom stereocenters. The zero-order valence-corrected chi connectivity index (χ0v) is 14.0. The molecule has 2 heterocycles. The Morgan fingerprint density at radius 2 is 1.84 bits per heavy atom. The van der Waals surface area contributed by atoms with E-state index in [-0.39, 0.29) is 5.97 Å². The van der Waals surface area contributed by atoms with Crippen molar-refractivity contribution >= 4 is 17.6 Å². The number of esters is 1. The van der Waals surface area contributed by atoms with E-state index in [1.165, 1.54) is 0 Å². The van der Waals surface area contributed by atoms with Gasteiger partial charge in [-0.05, 0) is 29.8 Å². The molecule has 0 aliphatic carbocycles. The van der Waals surface area contributed by atoms with Gasteiger partial charge in [-0.1, -0.05) is 48.0 Å². The number of nitrogens with zero attached hydrogens (tertiary/aromatic N) is 1. The maximum Gasteiger partial charge on any atom is 0.340 e. The second-order valence-electron chi connectivity index (χ2n) is 5.84. The summed E-state index contributed by atoms with van der Waals surface area (Å²) in [7, 11) is 0. The van der Waals surface area contributed by atoms with Crippen molar-refractivity contribution < 1.29 is 9.53 Å². The Bertz CT molecular complexity index is 912. The van der Waals surface area contributed by atoms with E-state index >= 15 is 0 Å². The van der Waals surface area contributed by atoms with Crippen molar-refractivity contribution in [3.05, 3.63) is 100 Å². The van der Waals surface area contributed by atoms with Crippen molar-refractivity contribution in [3.63, 3.8) is 0 Å². The fourth-order valence-corrected chi connectivity index (χ4v) is 3.20. The van der Waals surface area contributed by atoms with E-state index in [9.17, 15) is 4.79 Å². The number of nitrogens with one attached hydrogen (secondary N) is 1. The Hall–Kier alpha value is -2.69. The number of cyclic esters (lactones) is 1. The van der Waals surface area contributed by atoms with Crippen LogP contribution in [0.1, 0.15) is 27.0 Å². The van der Waals surface area contributed by atoms with E-state index in [4.69, 9.17) is 16.3 Å². The van der Waals surface area contributed by atoms with Gasteiger partial charge in [-0.15, -0.1) is 0 Å². The van der Waals surface area contributed by atoms with Gasteiger partial charge in [-0.2, -0.15) is 0 Å². The second-order valence-corrected chi connectivity index (χ2v) is 6.27. The average Bonchev–Trinajstić information content (AvgIpc) is 2.95. The summed E-state index contributed by atoms with van der Waals surface area (Å²) in [5, 5.41) is 4.04. The molecule has 3 aromatic rings. The Kier molecular flexibility index (Phi) is 3.99. The van der Waals surface area contributed by atoms with Gasteiger partial charge in [-0.3, -0.25) is 10.3 Å². The highest BCUT2D eigenvalue weighted by molar-refractivity contribution is 6.30. The number of hydrogen-bond acceptors (Lipinski definition) is 4. The molecular weight excluding hydrogens is 336 g/mol. The van der Waals surface area contributed by atoms with E-state index in [0.717, 1.165) is 16.7 Å². The van der Waals surface area contributed by atoms with Crippen molar-refractivity contribution in [2.45, 2.75) is 12.3 Å². The molecule has 0 fully saturated rings. The quantitative estimate of drug-likeness (QED) is 0.725. The maximum atomic E-state index is 12.4. The molecule has 0 saturated carbocycles. The van der Waals surface area contributed by atoms with Crippen molar-refractivity contribution in [2.75, 3.05) is 0 Å². The predicted octanol–water partition coefficient (Wildman–Crippen LogP) is 3.90. The molecule has 5 heteroatoms. The van der Waals surface area contributed by atoms with Crippen molar-refractivity contribution in [3.8, 4) is 0 Å². The fourth-order valence-electron chi connectivity index (χ4n) is 3.08. The van der Waals surface area contributed by atoms with Gasteiger partial charge in [-0.25, -0.2) is 4.79 Å². The van der Waals surface area contributed by atoms with Gasteiger partial charge < -0.3 is 4.74 Å². The number of aromatic nitrogens is 1. The normalized spacial score (nSPS) is 18.7. The van der Waals surface area contributed by atoms with Crippen LogP contribution in [0.4, 0.5) is 0 Å². The number of pyridine rings is 1. The molecule has 1 aromatic heterocycles. The summed E-state index contributed by atoms with van der Waals surface area (Å²) in [5.41, 5.74) is 2.13. The van der Waals surface area contributed by atoms with Crippen molar-refractivity contribution in [1.82, 2.24) is 10.3 Å². The Balaban J connectivity index is 1.79. The van der Waals surface area contributed by atoms with E-state index < -0.39 is 5.72 Å². The molecule has 1 aliphatic heterocycles. The first kappa shape index (κ1) is 15.8. The minimum atomic E-state index is -1.05. The molecule has 2 aromatic carbocycles. The Morgan fingerprint density at radius 1 is 1.04 bits per heavy atom. The zero-order valence-electron chi connectivity index (χ0n) is 13.3. The highest BCUT2D eigenvalue weighted by Gasteiger charge is 2.46. The summed E-state index contributed by atoms with van der Waals surface area (Å²) >= 11 is 6.03. The van der Waals surface area contributed by atoms with Crippen LogP contribution in [0.15, 0.2) is 73.1 Å². The van der Waals surface area contributed by atoms with Gasteiger partial charge in [0.1, 0.15) is 0 Å². The van der Waals surface area contributed by atoms with Gasteiger partial charge in [0.05, 0.1) is 5.56 Å². The Labute approximate surface area is 150 Å². The van der Waals surface area contributed by atoms with Crippen LogP contribution >= 0.6 is 11.6 Å². The number of fused-ring (bicyclic) bond motifs is 1. The third kappa shape index (κ3) is 2.80. The first-order chi connectivity index (χ1) is 12.2. The van der Waals surface area contributed by atoms with E-state index in [2.05, 4.69) is 10.3 Å². The molecule has 0 bridgehead atoms. The smallest absolute Gasteiger partial charge is 0.340 e. The van der Waals surface area contributed by atoms with E-state index in [1.54, 1.807) is 30.6 Å². The van der Waals surface area contributed by atoms with Crippen LogP contribution in [0.25, 0.3) is 0 Å². The summed E-state index contributed by atoms with van der Waals surface area (Å²) in [6.45, 7) is 0.498. The monoisotopic (exact) mass is 350 g/mol. The van der Waals surface area contributed by atoms with Crippen LogP contribution in [0, 0.1) is 0 Å². The minimum absolute atomic E-state index is 0.343. The van der Waals surface area contributed by atoms with Gasteiger partial charge in [0.2, 0.25) is 5.72 Å². The van der Waals surface area contributed by atoms with Gasteiger partial charge in [0, 0.05) is 35.1 Å². The van der Waals surface area contributed by atoms with Crippen LogP contribution < -0.4 is 5.32 Å². The molecule has 0 amide bonds. The molecule has 0 saturated heterocycles. The number of carbonyl (C=O) groups is 1. The molecule has 25 heavy (non-hydrogen) atoms. The van der Waals surface area contributed by atoms with Crippen molar-refractivity contribution in [1.29, 1.82) is 0 Å². The molecule has 1 aliphatic rings. The highest BCUT2D eigenvalue weighted by Crippen LogP contribution is 2.40. The highest BCUT2D eigenvalue weighted by atomic mass is 35.5. The third-order valence-corrected chi connectivity index (χ3v) is 4.54. The minimum Gasteiger partial charge on any atom is -0.431 e. The first-order valence-corrected chi connectivity index (χ1v) is 8.30. The number of ether oxygens (including phenoxy) is 1. The molecule has 0 spiro atoms. The molecule has 4 rings (SSSR count). The number of halogens is 1. The van der Waals surface area contributed by atoms with Gasteiger partial charge in [0.25, 0.3) is 0 Å². The zero-order chi connectivity index (χ0) is 17.3. The SMILES string of the molecule is O=C1O[C@@](NCc2cccnc2)(c2ccc(Cl)cc2)c2ccccc21. The van der Waals surface area contributed by atoms with Crippen LogP contribution in [-0.4, -0.2) is 11.0 Å². The summed E-state index contributed by atoms with van der Waals surface area (Å²) in [6, 6.07) is 18.6.